The van der Waals surface area contributed by atoms with Crippen LogP contribution in [0.15, 0.2) is 35.1 Å². The Labute approximate surface area is 134 Å². The molecule has 1 aliphatic carbocycles. The minimum Gasteiger partial charge on any atom is -0.388 e. The number of nitrogens with one attached hydrogen (secondary N) is 2. The molecule has 3 N–H and O–H groups in total. The van der Waals surface area contributed by atoms with Gasteiger partial charge in [-0.2, -0.15) is 0 Å². The number of para-hydroxylation sites is 1. The van der Waals surface area contributed by atoms with Gasteiger partial charge in [-0.3, -0.25) is 9.59 Å². The monoisotopic (exact) mass is 314 g/mol. The highest BCUT2D eigenvalue weighted by Gasteiger charge is 2.28. The molecule has 122 valence electrons. The van der Waals surface area contributed by atoms with Gasteiger partial charge in [-0.05, 0) is 25.0 Å². The summed E-state index contributed by atoms with van der Waals surface area (Å²) in [7, 11) is 0. The predicted octanol–water partition coefficient (Wildman–Crippen LogP) is 2.34. The molecule has 1 amide bonds. The molecule has 1 aliphatic rings. The van der Waals surface area contributed by atoms with E-state index in [1.165, 1.54) is 6.07 Å². The molecule has 0 atom stereocenters. The van der Waals surface area contributed by atoms with E-state index >= 15 is 0 Å². The Balaban J connectivity index is 1.74. The molecule has 1 heterocycles. The second kappa shape index (κ2) is 6.54. The number of amides is 1. The first kappa shape index (κ1) is 15.7. The highest BCUT2D eigenvalue weighted by atomic mass is 16.3. The van der Waals surface area contributed by atoms with Crippen LogP contribution in [0, 0.1) is 0 Å². The van der Waals surface area contributed by atoms with Gasteiger partial charge in [0.15, 0.2) is 5.43 Å². The maximum Gasteiger partial charge on any atom is 0.267 e. The largest absolute Gasteiger partial charge is 0.388 e. The Bertz CT molecular complexity index is 758. The molecule has 3 rings (SSSR count). The van der Waals surface area contributed by atoms with E-state index in [4.69, 9.17) is 0 Å². The van der Waals surface area contributed by atoms with Crippen LogP contribution in [0.5, 0.6) is 0 Å². The van der Waals surface area contributed by atoms with Crippen LogP contribution >= 0.6 is 0 Å². The smallest absolute Gasteiger partial charge is 0.267 e. The zero-order valence-corrected chi connectivity index (χ0v) is 13.1. The number of benzene rings is 1. The summed E-state index contributed by atoms with van der Waals surface area (Å²) >= 11 is 0. The molecule has 0 saturated heterocycles. The number of hydrogen-bond donors (Lipinski definition) is 3. The molecule has 0 bridgehead atoms. The normalized spacial score (nSPS) is 17.6. The molecule has 0 aliphatic heterocycles. The van der Waals surface area contributed by atoms with Gasteiger partial charge in [0, 0.05) is 23.5 Å². The fourth-order valence-electron chi connectivity index (χ4n) is 3.22. The van der Waals surface area contributed by atoms with E-state index < -0.39 is 5.60 Å². The summed E-state index contributed by atoms with van der Waals surface area (Å²) in [5, 5.41) is 13.9. The quantitative estimate of drug-likeness (QED) is 0.761. The van der Waals surface area contributed by atoms with E-state index in [9.17, 15) is 14.7 Å². The van der Waals surface area contributed by atoms with Crippen molar-refractivity contribution in [2.75, 3.05) is 6.54 Å². The molecule has 1 saturated carbocycles. The lowest BCUT2D eigenvalue weighted by Crippen LogP contribution is -2.42. The molecule has 23 heavy (non-hydrogen) atoms. The molecular weight excluding hydrogens is 292 g/mol. The standard InChI is InChI=1S/C18H22N2O3/c21-16-11-15(20-14-8-4-3-7-13(14)16)17(22)19-12-18(23)9-5-1-2-6-10-18/h3-4,7-8,11,23H,1-2,5-6,9-10,12H2,(H,19,22)(H,20,21). The molecule has 1 fully saturated rings. The van der Waals surface area contributed by atoms with E-state index in [0.29, 0.717) is 23.7 Å². The number of pyridine rings is 1. The van der Waals surface area contributed by atoms with Gasteiger partial charge >= 0.3 is 0 Å². The van der Waals surface area contributed by atoms with E-state index in [0.717, 1.165) is 25.7 Å². The lowest BCUT2D eigenvalue weighted by atomic mass is 9.94. The first-order valence-electron chi connectivity index (χ1n) is 8.20. The van der Waals surface area contributed by atoms with E-state index in [1.54, 1.807) is 18.2 Å². The van der Waals surface area contributed by atoms with Crippen molar-refractivity contribution in [1.29, 1.82) is 0 Å². The Hall–Kier alpha value is -2.14. The van der Waals surface area contributed by atoms with Crippen LogP contribution in [0.25, 0.3) is 10.9 Å². The Morgan fingerprint density at radius 3 is 2.61 bits per heavy atom. The molecule has 1 aromatic carbocycles. The molecule has 0 spiro atoms. The summed E-state index contributed by atoms with van der Waals surface area (Å²) in [5.74, 6) is -0.356. The molecule has 0 radical (unpaired) electrons. The minimum atomic E-state index is -0.830. The van der Waals surface area contributed by atoms with Crippen molar-refractivity contribution in [3.8, 4) is 0 Å². The van der Waals surface area contributed by atoms with Crippen LogP contribution in [0.3, 0.4) is 0 Å². The van der Waals surface area contributed by atoms with Gasteiger partial charge in [-0.15, -0.1) is 0 Å². The fourth-order valence-corrected chi connectivity index (χ4v) is 3.22. The number of aliphatic hydroxyl groups is 1. The first-order valence-corrected chi connectivity index (χ1v) is 8.20. The number of fused-ring (bicyclic) bond motifs is 1. The van der Waals surface area contributed by atoms with Crippen molar-refractivity contribution in [3.05, 3.63) is 46.2 Å². The van der Waals surface area contributed by atoms with Gasteiger partial charge in [0.25, 0.3) is 5.91 Å². The average Bonchev–Trinajstić information content (AvgIpc) is 2.78. The lowest BCUT2D eigenvalue weighted by molar-refractivity contribution is 0.0246. The summed E-state index contributed by atoms with van der Waals surface area (Å²) in [4.78, 5) is 27.4. The summed E-state index contributed by atoms with van der Waals surface area (Å²) < 4.78 is 0. The Morgan fingerprint density at radius 2 is 1.87 bits per heavy atom. The highest BCUT2D eigenvalue weighted by Crippen LogP contribution is 2.26. The van der Waals surface area contributed by atoms with Gasteiger partial charge in [-0.1, -0.05) is 37.8 Å². The van der Waals surface area contributed by atoms with Crippen molar-refractivity contribution < 1.29 is 9.90 Å². The first-order chi connectivity index (χ1) is 11.1. The van der Waals surface area contributed by atoms with E-state index in [-0.39, 0.29) is 23.6 Å². The van der Waals surface area contributed by atoms with Gasteiger partial charge in [-0.25, -0.2) is 0 Å². The molecule has 1 aromatic heterocycles. The minimum absolute atomic E-state index is 0.183. The summed E-state index contributed by atoms with van der Waals surface area (Å²) in [6.45, 7) is 0.223. The van der Waals surface area contributed by atoms with Crippen molar-refractivity contribution >= 4 is 16.8 Å². The van der Waals surface area contributed by atoms with Crippen molar-refractivity contribution in [1.82, 2.24) is 10.3 Å². The summed E-state index contributed by atoms with van der Waals surface area (Å²) in [6, 6.07) is 8.42. The molecule has 2 aromatic rings. The Kier molecular flexibility index (Phi) is 4.48. The molecule has 5 heteroatoms. The zero-order chi connectivity index (χ0) is 16.3. The average molecular weight is 314 g/mol. The van der Waals surface area contributed by atoms with Crippen molar-refractivity contribution in [3.63, 3.8) is 0 Å². The van der Waals surface area contributed by atoms with Crippen LogP contribution in [0.1, 0.15) is 49.0 Å². The van der Waals surface area contributed by atoms with Crippen LogP contribution in [-0.2, 0) is 0 Å². The molecular formula is C18H22N2O3. The third-order valence-corrected chi connectivity index (χ3v) is 4.59. The van der Waals surface area contributed by atoms with Gasteiger partial charge in [0.2, 0.25) is 0 Å². The maximum absolute atomic E-state index is 12.3. The molecule has 5 nitrogen and oxygen atoms in total. The lowest BCUT2D eigenvalue weighted by Gasteiger charge is -2.26. The SMILES string of the molecule is O=C(NCC1(O)CCCCCC1)c1cc(=O)c2ccccc2[nH]1. The number of carbonyl (C=O) groups is 1. The second-order valence-electron chi connectivity index (χ2n) is 6.41. The number of hydrogen-bond acceptors (Lipinski definition) is 3. The number of H-pyrrole nitrogens is 1. The Morgan fingerprint density at radius 1 is 1.17 bits per heavy atom. The van der Waals surface area contributed by atoms with Crippen molar-refractivity contribution in [2.45, 2.75) is 44.1 Å². The zero-order valence-electron chi connectivity index (χ0n) is 13.1. The second-order valence-corrected chi connectivity index (χ2v) is 6.41. The highest BCUT2D eigenvalue weighted by molar-refractivity contribution is 5.94. The molecule has 0 unspecified atom stereocenters. The van der Waals surface area contributed by atoms with Gasteiger partial charge < -0.3 is 15.4 Å². The van der Waals surface area contributed by atoms with E-state index in [2.05, 4.69) is 10.3 Å². The van der Waals surface area contributed by atoms with Gasteiger partial charge in [0.05, 0.1) is 5.60 Å². The van der Waals surface area contributed by atoms with E-state index in [1.807, 2.05) is 6.07 Å². The summed E-state index contributed by atoms with van der Waals surface area (Å²) in [5.41, 5.74) is -0.148. The topological polar surface area (TPSA) is 82.2 Å². The maximum atomic E-state index is 12.3. The van der Waals surface area contributed by atoms with Crippen LogP contribution in [-0.4, -0.2) is 28.1 Å². The third kappa shape index (κ3) is 3.62. The van der Waals surface area contributed by atoms with Gasteiger partial charge in [0.1, 0.15) is 5.69 Å². The van der Waals surface area contributed by atoms with Crippen LogP contribution < -0.4 is 10.7 Å². The number of aromatic nitrogens is 1. The van der Waals surface area contributed by atoms with Crippen LogP contribution in [0.2, 0.25) is 0 Å². The number of aromatic amines is 1. The predicted molar refractivity (Wildman–Crippen MR) is 89.6 cm³/mol. The van der Waals surface area contributed by atoms with Crippen molar-refractivity contribution in [2.24, 2.45) is 0 Å². The third-order valence-electron chi connectivity index (χ3n) is 4.59. The van der Waals surface area contributed by atoms with Crippen LogP contribution in [0.4, 0.5) is 0 Å². The number of rotatable bonds is 3. The summed E-state index contributed by atoms with van der Waals surface area (Å²) in [6.07, 6.45) is 5.66. The fraction of sp³-hybridized carbons (Fsp3) is 0.444. The number of carbonyl (C=O) groups excluding carboxylic acids is 1.